The van der Waals surface area contributed by atoms with Gasteiger partial charge in [0.2, 0.25) is 5.76 Å². The van der Waals surface area contributed by atoms with Gasteiger partial charge in [-0.05, 0) is 25.1 Å². The molecule has 0 aliphatic carbocycles. The number of rotatable bonds is 4. The Morgan fingerprint density at radius 2 is 1.96 bits per heavy atom. The molecule has 0 atom stereocenters. The third-order valence-electron chi connectivity index (χ3n) is 3.98. The van der Waals surface area contributed by atoms with Gasteiger partial charge in [0, 0.05) is 0 Å². The number of carbonyl (C=O) groups excluding carboxylic acids is 1. The van der Waals surface area contributed by atoms with Crippen LogP contribution in [0.1, 0.15) is 16.1 Å². The van der Waals surface area contributed by atoms with Crippen LogP contribution >= 0.6 is 0 Å². The van der Waals surface area contributed by atoms with Gasteiger partial charge in [0.05, 0.1) is 18.0 Å². The van der Waals surface area contributed by atoms with Gasteiger partial charge in [-0.2, -0.15) is 5.10 Å². The van der Waals surface area contributed by atoms with Gasteiger partial charge in [0.1, 0.15) is 16.6 Å². The van der Waals surface area contributed by atoms with E-state index in [0.717, 1.165) is 34.4 Å². The molecule has 4 aromatic rings. The van der Waals surface area contributed by atoms with Gasteiger partial charge in [-0.3, -0.25) is 25.1 Å². The Bertz CT molecular complexity index is 1270. The number of nitro groups is 1. The molecule has 11 nitrogen and oxygen atoms in total. The smallest absolute Gasteiger partial charge is 0.395 e. The van der Waals surface area contributed by atoms with Gasteiger partial charge in [-0.15, -0.1) is 0 Å². The molecule has 11 heteroatoms. The first-order valence-corrected chi connectivity index (χ1v) is 8.02. The summed E-state index contributed by atoms with van der Waals surface area (Å²) < 4.78 is 7.19. The molecule has 0 saturated heterocycles. The lowest BCUT2D eigenvalue weighted by atomic mass is 10.2. The molecule has 0 aliphatic heterocycles. The van der Waals surface area contributed by atoms with Crippen molar-refractivity contribution >= 4 is 22.8 Å². The van der Waals surface area contributed by atoms with Gasteiger partial charge in [-0.1, -0.05) is 17.7 Å². The summed E-state index contributed by atoms with van der Waals surface area (Å²) in [4.78, 5) is 38.8. The van der Waals surface area contributed by atoms with Gasteiger partial charge in [0.15, 0.2) is 5.65 Å². The molecule has 0 fully saturated rings. The van der Waals surface area contributed by atoms with Crippen LogP contribution in [0.25, 0.3) is 16.7 Å². The molecule has 1 amide bonds. The van der Waals surface area contributed by atoms with Crippen molar-refractivity contribution in [3.05, 3.63) is 80.7 Å². The first-order valence-electron chi connectivity index (χ1n) is 8.02. The fourth-order valence-electron chi connectivity index (χ4n) is 2.58. The maximum absolute atomic E-state index is 12.6. The number of fused-ring (bicyclic) bond motifs is 1. The molecule has 4 rings (SSSR count). The van der Waals surface area contributed by atoms with Crippen molar-refractivity contribution in [1.82, 2.24) is 19.4 Å². The molecular weight excluding hydrogens is 368 g/mol. The lowest BCUT2D eigenvalue weighted by molar-refractivity contribution is -0.402. The summed E-state index contributed by atoms with van der Waals surface area (Å²) in [5.41, 5.74) is 3.86. The number of aromatic nitrogens is 4. The standard InChI is InChI=1S/C17H12N6O5/c1-10-2-4-11(5-3-10)22-15-12(8-19-22)17(25)21(9-18-15)20-16(24)13-6-7-14(28-13)23(26)27/h2-9H,1H3,(H,20,24). The predicted molar refractivity (Wildman–Crippen MR) is 96.9 cm³/mol. The molecular formula is C17H12N6O5. The van der Waals surface area contributed by atoms with Crippen LogP contribution in [-0.4, -0.2) is 30.3 Å². The van der Waals surface area contributed by atoms with E-state index in [-0.39, 0.29) is 11.1 Å². The normalized spacial score (nSPS) is 10.9. The number of nitrogens with one attached hydrogen (secondary N) is 1. The largest absolute Gasteiger partial charge is 0.433 e. The highest BCUT2D eigenvalue weighted by molar-refractivity contribution is 5.97. The number of amides is 1. The topological polar surface area (TPSA) is 138 Å². The zero-order chi connectivity index (χ0) is 19.8. The zero-order valence-corrected chi connectivity index (χ0v) is 14.4. The van der Waals surface area contributed by atoms with E-state index < -0.39 is 22.3 Å². The second-order valence-electron chi connectivity index (χ2n) is 5.88. The minimum atomic E-state index is -0.831. The van der Waals surface area contributed by atoms with Crippen LogP contribution in [-0.2, 0) is 0 Å². The highest BCUT2D eigenvalue weighted by Crippen LogP contribution is 2.16. The van der Waals surface area contributed by atoms with Gasteiger partial charge in [0.25, 0.3) is 5.56 Å². The average molecular weight is 380 g/mol. The third kappa shape index (κ3) is 2.90. The summed E-state index contributed by atoms with van der Waals surface area (Å²) >= 11 is 0. The lowest BCUT2D eigenvalue weighted by Gasteiger charge is -2.07. The molecule has 0 unspecified atom stereocenters. The number of benzene rings is 1. The highest BCUT2D eigenvalue weighted by Gasteiger charge is 2.19. The summed E-state index contributed by atoms with van der Waals surface area (Å²) in [5.74, 6) is -1.72. The Balaban J connectivity index is 1.66. The van der Waals surface area contributed by atoms with Gasteiger partial charge < -0.3 is 4.42 Å². The van der Waals surface area contributed by atoms with Crippen molar-refractivity contribution in [1.29, 1.82) is 0 Å². The monoisotopic (exact) mass is 380 g/mol. The summed E-state index contributed by atoms with van der Waals surface area (Å²) in [6.45, 7) is 1.96. The van der Waals surface area contributed by atoms with E-state index in [1.54, 1.807) is 0 Å². The Morgan fingerprint density at radius 3 is 2.64 bits per heavy atom. The predicted octanol–water partition coefficient (Wildman–Crippen LogP) is 1.78. The van der Waals surface area contributed by atoms with E-state index >= 15 is 0 Å². The van der Waals surface area contributed by atoms with Crippen LogP contribution in [0, 0.1) is 17.0 Å². The van der Waals surface area contributed by atoms with Crippen LogP contribution in [0.5, 0.6) is 0 Å². The van der Waals surface area contributed by atoms with E-state index in [9.17, 15) is 19.7 Å². The summed E-state index contributed by atoms with van der Waals surface area (Å²) in [6.07, 6.45) is 2.48. The molecule has 1 N–H and O–H groups in total. The maximum Gasteiger partial charge on any atom is 0.433 e. The average Bonchev–Trinajstić information content (AvgIpc) is 3.32. The molecule has 1 aromatic carbocycles. The molecule has 0 saturated carbocycles. The van der Waals surface area contributed by atoms with Crippen molar-refractivity contribution < 1.29 is 14.1 Å². The Kier molecular flexibility index (Phi) is 3.96. The highest BCUT2D eigenvalue weighted by atomic mass is 16.6. The van der Waals surface area contributed by atoms with Crippen molar-refractivity contribution in [3.63, 3.8) is 0 Å². The van der Waals surface area contributed by atoms with Crippen LogP contribution in [0.3, 0.4) is 0 Å². The van der Waals surface area contributed by atoms with Crippen molar-refractivity contribution in [3.8, 4) is 5.69 Å². The lowest BCUT2D eigenvalue weighted by Crippen LogP contribution is -2.33. The summed E-state index contributed by atoms with van der Waals surface area (Å²) in [7, 11) is 0. The van der Waals surface area contributed by atoms with Crippen molar-refractivity contribution in [2.75, 3.05) is 5.43 Å². The molecule has 0 aliphatic rings. The van der Waals surface area contributed by atoms with E-state index in [4.69, 9.17) is 4.42 Å². The van der Waals surface area contributed by atoms with E-state index in [0.29, 0.717) is 5.65 Å². The molecule has 3 aromatic heterocycles. The fraction of sp³-hybridized carbons (Fsp3) is 0.0588. The van der Waals surface area contributed by atoms with Crippen LogP contribution < -0.4 is 11.0 Å². The third-order valence-corrected chi connectivity index (χ3v) is 3.98. The Morgan fingerprint density at radius 1 is 1.21 bits per heavy atom. The minimum absolute atomic E-state index is 0.189. The molecule has 0 spiro atoms. The summed E-state index contributed by atoms with van der Waals surface area (Å²) in [5, 5.41) is 15.0. The number of furan rings is 1. The van der Waals surface area contributed by atoms with Crippen molar-refractivity contribution in [2.45, 2.75) is 6.92 Å². The Hall–Kier alpha value is -4.28. The fourth-order valence-corrected chi connectivity index (χ4v) is 2.58. The second-order valence-corrected chi connectivity index (χ2v) is 5.88. The van der Waals surface area contributed by atoms with Crippen molar-refractivity contribution in [2.24, 2.45) is 0 Å². The SMILES string of the molecule is Cc1ccc(-n2ncc3c(=O)n(NC(=O)c4ccc([N+](=O)[O-])o4)cnc32)cc1. The Labute approximate surface area is 156 Å². The number of aryl methyl sites for hydroxylation is 1. The minimum Gasteiger partial charge on any atom is -0.395 e. The number of hydrogen-bond acceptors (Lipinski definition) is 7. The number of nitrogens with zero attached hydrogens (tertiary/aromatic N) is 5. The second kappa shape index (κ2) is 6.46. The first-order chi connectivity index (χ1) is 13.4. The maximum atomic E-state index is 12.6. The molecule has 3 heterocycles. The molecule has 28 heavy (non-hydrogen) atoms. The van der Waals surface area contributed by atoms with E-state index in [2.05, 4.69) is 15.5 Å². The van der Waals surface area contributed by atoms with Gasteiger partial charge in [-0.25, -0.2) is 14.3 Å². The first kappa shape index (κ1) is 17.1. The van der Waals surface area contributed by atoms with E-state index in [1.807, 2.05) is 31.2 Å². The number of hydrogen-bond donors (Lipinski definition) is 1. The van der Waals surface area contributed by atoms with E-state index in [1.165, 1.54) is 10.9 Å². The molecule has 140 valence electrons. The van der Waals surface area contributed by atoms with Crippen LogP contribution in [0.2, 0.25) is 0 Å². The molecule has 0 bridgehead atoms. The van der Waals surface area contributed by atoms with Crippen LogP contribution in [0.15, 0.2) is 58.1 Å². The molecule has 0 radical (unpaired) electrons. The number of carbonyl (C=O) groups is 1. The zero-order valence-electron chi connectivity index (χ0n) is 14.4. The van der Waals surface area contributed by atoms with Crippen LogP contribution in [0.4, 0.5) is 5.88 Å². The quantitative estimate of drug-likeness (QED) is 0.420. The summed E-state index contributed by atoms with van der Waals surface area (Å²) in [6, 6.07) is 9.70. The van der Waals surface area contributed by atoms with Gasteiger partial charge >= 0.3 is 11.8 Å².